The van der Waals surface area contributed by atoms with Crippen LogP contribution >= 0.6 is 0 Å². The topological polar surface area (TPSA) is 89.4 Å². The molecule has 30 heavy (non-hydrogen) atoms. The predicted molar refractivity (Wildman–Crippen MR) is 112 cm³/mol. The van der Waals surface area contributed by atoms with Crippen LogP contribution in [0.4, 0.5) is 0 Å². The van der Waals surface area contributed by atoms with Gasteiger partial charge in [0.25, 0.3) is 0 Å². The molecule has 1 aromatic heterocycles. The number of aryl methyl sites for hydroxylation is 1. The number of nitrogens with zero attached hydrogens (tertiary/aromatic N) is 4. The number of hydrogen-bond donors (Lipinski definition) is 1. The van der Waals surface area contributed by atoms with Gasteiger partial charge >= 0.3 is 0 Å². The van der Waals surface area contributed by atoms with Gasteiger partial charge in [-0.25, -0.2) is 4.68 Å². The van der Waals surface area contributed by atoms with Gasteiger partial charge < -0.3 is 15.0 Å². The molecule has 1 aromatic rings. The summed E-state index contributed by atoms with van der Waals surface area (Å²) in [5.74, 6) is 1.46. The molecule has 4 rings (SSSR count). The first-order valence-corrected chi connectivity index (χ1v) is 11.6. The first-order chi connectivity index (χ1) is 14.5. The van der Waals surface area contributed by atoms with Crippen molar-refractivity contribution in [3.63, 3.8) is 0 Å². The molecule has 2 heterocycles. The summed E-state index contributed by atoms with van der Waals surface area (Å²) < 4.78 is 8.43. The van der Waals surface area contributed by atoms with Crippen molar-refractivity contribution in [1.82, 2.24) is 25.2 Å². The molecule has 3 fully saturated rings. The van der Waals surface area contributed by atoms with E-state index in [1.54, 1.807) is 0 Å². The quantitative estimate of drug-likeness (QED) is 0.663. The van der Waals surface area contributed by atoms with Crippen molar-refractivity contribution in [3.8, 4) is 0 Å². The number of ether oxygens (including phenoxy) is 1. The summed E-state index contributed by atoms with van der Waals surface area (Å²) in [6.07, 6.45) is 9.93. The standard InChI is InChI=1S/C22H35N5O3/c1-3-4-5-19-13-27(25-24-19)20-8-17-11-26(22(29)10-23-15(2)28)12-18(17)9-21(20)30-14-16-6-7-16/h13,16-18,20-21H,3-12,14H2,1-2H3,(H,23,28)/t17-,18+,20-,21-/m1/s1. The predicted octanol–water partition coefficient (Wildman–Crippen LogP) is 1.96. The molecule has 0 unspecified atom stereocenters. The van der Waals surface area contributed by atoms with Crippen LogP contribution in [0.5, 0.6) is 0 Å². The first-order valence-electron chi connectivity index (χ1n) is 11.6. The van der Waals surface area contributed by atoms with Crippen molar-refractivity contribution < 1.29 is 14.3 Å². The van der Waals surface area contributed by atoms with E-state index in [1.807, 2.05) is 9.58 Å². The van der Waals surface area contributed by atoms with E-state index in [0.717, 1.165) is 63.4 Å². The number of fused-ring (bicyclic) bond motifs is 1. The molecule has 2 amide bonds. The van der Waals surface area contributed by atoms with E-state index < -0.39 is 0 Å². The Bertz CT molecular complexity index is 747. The van der Waals surface area contributed by atoms with Gasteiger partial charge in [0, 0.05) is 32.8 Å². The average molecular weight is 418 g/mol. The van der Waals surface area contributed by atoms with Gasteiger partial charge in [0.15, 0.2) is 0 Å². The monoisotopic (exact) mass is 417 g/mol. The molecule has 1 N–H and O–H groups in total. The van der Waals surface area contributed by atoms with Gasteiger partial charge in [-0.2, -0.15) is 0 Å². The molecule has 1 aliphatic heterocycles. The number of rotatable bonds is 9. The van der Waals surface area contributed by atoms with Crippen LogP contribution in [0.15, 0.2) is 6.20 Å². The number of carbonyl (C=O) groups excluding carboxylic acids is 2. The number of aromatic nitrogens is 3. The lowest BCUT2D eigenvalue weighted by Gasteiger charge is -2.37. The number of unbranched alkanes of at least 4 members (excludes halogenated alkanes) is 1. The fourth-order valence-corrected chi connectivity index (χ4v) is 4.86. The van der Waals surface area contributed by atoms with Gasteiger partial charge in [-0.15, -0.1) is 5.10 Å². The van der Waals surface area contributed by atoms with Crippen molar-refractivity contribution in [2.75, 3.05) is 26.2 Å². The number of likely N-dealkylation sites (tertiary alicyclic amines) is 1. The van der Waals surface area contributed by atoms with Crippen LogP contribution in [0.25, 0.3) is 0 Å². The van der Waals surface area contributed by atoms with Gasteiger partial charge in [-0.1, -0.05) is 18.6 Å². The van der Waals surface area contributed by atoms with Gasteiger partial charge in [0.1, 0.15) is 0 Å². The van der Waals surface area contributed by atoms with Crippen LogP contribution in [-0.2, 0) is 20.7 Å². The molecule has 0 radical (unpaired) electrons. The van der Waals surface area contributed by atoms with Crippen molar-refractivity contribution in [2.45, 2.75) is 70.9 Å². The Balaban J connectivity index is 1.42. The lowest BCUT2D eigenvalue weighted by atomic mass is 9.77. The second-order valence-corrected chi connectivity index (χ2v) is 9.38. The fourth-order valence-electron chi connectivity index (χ4n) is 4.86. The molecule has 166 valence electrons. The normalized spacial score (nSPS) is 28.4. The molecule has 8 heteroatoms. The fraction of sp³-hybridized carbons (Fsp3) is 0.818. The SMILES string of the molecule is CCCCc1cn([C@@H]2C[C@@H]3CN(C(=O)CNC(C)=O)C[C@@H]3C[C@H]2OCC2CC2)nn1. The van der Waals surface area contributed by atoms with Crippen LogP contribution in [-0.4, -0.2) is 64.1 Å². The van der Waals surface area contributed by atoms with E-state index in [9.17, 15) is 9.59 Å². The summed E-state index contributed by atoms with van der Waals surface area (Å²) in [7, 11) is 0. The smallest absolute Gasteiger partial charge is 0.241 e. The summed E-state index contributed by atoms with van der Waals surface area (Å²) in [4.78, 5) is 25.6. The molecule has 3 aliphatic rings. The number of nitrogens with one attached hydrogen (secondary N) is 1. The van der Waals surface area contributed by atoms with Crippen molar-refractivity contribution in [3.05, 3.63) is 11.9 Å². The molecule has 0 bridgehead atoms. The molecule has 2 aliphatic carbocycles. The van der Waals surface area contributed by atoms with Gasteiger partial charge in [-0.05, 0) is 56.3 Å². The largest absolute Gasteiger partial charge is 0.376 e. The van der Waals surface area contributed by atoms with Gasteiger partial charge in [-0.3, -0.25) is 9.59 Å². The molecule has 4 atom stereocenters. The van der Waals surface area contributed by atoms with Gasteiger partial charge in [0.05, 0.1) is 24.4 Å². The third-order valence-corrected chi connectivity index (χ3v) is 6.85. The Morgan fingerprint density at radius 2 is 2.00 bits per heavy atom. The zero-order valence-electron chi connectivity index (χ0n) is 18.3. The minimum absolute atomic E-state index is 0.00852. The van der Waals surface area contributed by atoms with E-state index >= 15 is 0 Å². The highest BCUT2D eigenvalue weighted by atomic mass is 16.5. The number of carbonyl (C=O) groups is 2. The molecule has 1 saturated heterocycles. The second kappa shape index (κ2) is 9.45. The van der Waals surface area contributed by atoms with E-state index in [1.165, 1.54) is 19.8 Å². The van der Waals surface area contributed by atoms with E-state index in [2.05, 4.69) is 28.7 Å². The van der Waals surface area contributed by atoms with Crippen LogP contribution in [0.1, 0.15) is 64.1 Å². The van der Waals surface area contributed by atoms with Crippen molar-refractivity contribution in [2.24, 2.45) is 17.8 Å². The minimum Gasteiger partial charge on any atom is -0.376 e. The summed E-state index contributed by atoms with van der Waals surface area (Å²) >= 11 is 0. The lowest BCUT2D eigenvalue weighted by Crippen LogP contribution is -2.38. The zero-order valence-corrected chi connectivity index (χ0v) is 18.3. The van der Waals surface area contributed by atoms with Crippen molar-refractivity contribution in [1.29, 1.82) is 0 Å². The number of amides is 2. The van der Waals surface area contributed by atoms with Gasteiger partial charge in [0.2, 0.25) is 11.8 Å². The van der Waals surface area contributed by atoms with E-state index in [-0.39, 0.29) is 30.5 Å². The Morgan fingerprint density at radius 1 is 1.23 bits per heavy atom. The minimum atomic E-state index is -0.168. The third kappa shape index (κ3) is 5.20. The van der Waals surface area contributed by atoms with Crippen LogP contribution in [0, 0.1) is 17.8 Å². The summed E-state index contributed by atoms with van der Waals surface area (Å²) in [6.45, 7) is 6.07. The van der Waals surface area contributed by atoms with Crippen LogP contribution < -0.4 is 5.32 Å². The molecule has 0 aromatic carbocycles. The van der Waals surface area contributed by atoms with Crippen LogP contribution in [0.2, 0.25) is 0 Å². The zero-order chi connectivity index (χ0) is 21.1. The molecular weight excluding hydrogens is 382 g/mol. The van der Waals surface area contributed by atoms with Crippen molar-refractivity contribution >= 4 is 11.8 Å². The Kier molecular flexibility index (Phi) is 6.71. The Morgan fingerprint density at radius 3 is 2.70 bits per heavy atom. The molecule has 8 nitrogen and oxygen atoms in total. The lowest BCUT2D eigenvalue weighted by molar-refractivity contribution is -0.131. The van der Waals surface area contributed by atoms with E-state index in [0.29, 0.717) is 11.8 Å². The summed E-state index contributed by atoms with van der Waals surface area (Å²) in [5, 5.41) is 11.5. The highest BCUT2D eigenvalue weighted by Gasteiger charge is 2.45. The number of hydrogen-bond acceptors (Lipinski definition) is 5. The van der Waals surface area contributed by atoms with E-state index in [4.69, 9.17) is 4.74 Å². The summed E-state index contributed by atoms with van der Waals surface area (Å²) in [6, 6.07) is 0.179. The third-order valence-electron chi connectivity index (χ3n) is 6.85. The average Bonchev–Trinajstić information content (AvgIpc) is 3.28. The van der Waals surface area contributed by atoms with Crippen LogP contribution in [0.3, 0.4) is 0 Å². The Hall–Kier alpha value is -1.96. The maximum absolute atomic E-state index is 12.5. The highest BCUT2D eigenvalue weighted by molar-refractivity contribution is 5.83. The second-order valence-electron chi connectivity index (χ2n) is 9.38. The first kappa shape index (κ1) is 21.3. The highest BCUT2D eigenvalue weighted by Crippen LogP contribution is 2.43. The maximum Gasteiger partial charge on any atom is 0.241 e. The maximum atomic E-state index is 12.5. The molecular formula is C22H35N5O3. The molecule has 0 spiro atoms. The summed E-state index contributed by atoms with van der Waals surface area (Å²) in [5.41, 5.74) is 1.05. The molecule has 2 saturated carbocycles. The Labute approximate surface area is 178 Å².